The van der Waals surface area contributed by atoms with Crippen molar-refractivity contribution in [3.05, 3.63) is 30.1 Å². The summed E-state index contributed by atoms with van der Waals surface area (Å²) in [5, 5.41) is 12.9. The van der Waals surface area contributed by atoms with Crippen molar-refractivity contribution in [3.63, 3.8) is 0 Å². The molecule has 0 amide bonds. The number of aliphatic hydroxyl groups excluding tert-OH is 1. The SMILES string of the molecule is CCNC(=NCC(C)Oc1ccccc1F)N1CCC(O)CC1. The van der Waals surface area contributed by atoms with Crippen molar-refractivity contribution in [2.24, 2.45) is 4.99 Å². The highest BCUT2D eigenvalue weighted by atomic mass is 19.1. The van der Waals surface area contributed by atoms with E-state index in [1.54, 1.807) is 18.2 Å². The highest BCUT2D eigenvalue weighted by Crippen LogP contribution is 2.17. The first-order chi connectivity index (χ1) is 11.1. The smallest absolute Gasteiger partial charge is 0.194 e. The van der Waals surface area contributed by atoms with Crippen LogP contribution >= 0.6 is 0 Å². The number of nitrogens with one attached hydrogen (secondary N) is 1. The topological polar surface area (TPSA) is 57.1 Å². The number of hydrogen-bond acceptors (Lipinski definition) is 3. The number of likely N-dealkylation sites (tertiary alicyclic amines) is 1. The molecule has 0 aliphatic carbocycles. The summed E-state index contributed by atoms with van der Waals surface area (Å²) in [6, 6.07) is 6.39. The Morgan fingerprint density at radius 3 is 2.78 bits per heavy atom. The van der Waals surface area contributed by atoms with Gasteiger partial charge in [-0.05, 0) is 38.8 Å². The van der Waals surface area contributed by atoms with Crippen LogP contribution in [-0.4, -0.2) is 54.4 Å². The molecular weight excluding hydrogens is 297 g/mol. The molecule has 0 spiro atoms. The second-order valence-corrected chi connectivity index (χ2v) is 5.77. The molecule has 0 radical (unpaired) electrons. The Morgan fingerprint density at radius 2 is 2.13 bits per heavy atom. The van der Waals surface area contributed by atoms with Gasteiger partial charge < -0.3 is 20.1 Å². The van der Waals surface area contributed by atoms with Gasteiger partial charge in [0.2, 0.25) is 0 Å². The lowest BCUT2D eigenvalue weighted by Crippen LogP contribution is -2.47. The molecule has 23 heavy (non-hydrogen) atoms. The number of aliphatic hydroxyl groups is 1. The summed E-state index contributed by atoms with van der Waals surface area (Å²) < 4.78 is 19.2. The molecule has 0 aromatic heterocycles. The number of para-hydroxylation sites is 1. The first-order valence-corrected chi connectivity index (χ1v) is 8.22. The molecule has 1 heterocycles. The minimum atomic E-state index is -0.361. The number of aliphatic imine (C=N–C) groups is 1. The molecule has 5 nitrogen and oxygen atoms in total. The van der Waals surface area contributed by atoms with Gasteiger partial charge >= 0.3 is 0 Å². The van der Waals surface area contributed by atoms with Gasteiger partial charge in [-0.1, -0.05) is 12.1 Å². The predicted molar refractivity (Wildman–Crippen MR) is 89.3 cm³/mol. The van der Waals surface area contributed by atoms with Crippen LogP contribution in [-0.2, 0) is 0 Å². The van der Waals surface area contributed by atoms with Gasteiger partial charge in [-0.15, -0.1) is 0 Å². The number of guanidine groups is 1. The minimum absolute atomic E-state index is 0.211. The summed E-state index contributed by atoms with van der Waals surface area (Å²) in [7, 11) is 0. The Kier molecular flexibility index (Phi) is 6.65. The minimum Gasteiger partial charge on any atom is -0.486 e. The van der Waals surface area contributed by atoms with E-state index < -0.39 is 0 Å². The van der Waals surface area contributed by atoms with Gasteiger partial charge in [-0.25, -0.2) is 9.38 Å². The van der Waals surface area contributed by atoms with E-state index in [0.717, 1.165) is 38.4 Å². The Hall–Kier alpha value is -1.82. The maximum atomic E-state index is 13.6. The van der Waals surface area contributed by atoms with Crippen LogP contribution < -0.4 is 10.1 Å². The van der Waals surface area contributed by atoms with E-state index in [1.807, 2.05) is 13.8 Å². The van der Waals surface area contributed by atoms with Gasteiger partial charge in [0.05, 0.1) is 12.6 Å². The molecule has 1 aliphatic rings. The van der Waals surface area contributed by atoms with E-state index >= 15 is 0 Å². The van der Waals surface area contributed by atoms with Gasteiger partial charge in [-0.3, -0.25) is 0 Å². The normalized spacial score (nSPS) is 17.9. The monoisotopic (exact) mass is 323 g/mol. The van der Waals surface area contributed by atoms with Crippen molar-refractivity contribution in [3.8, 4) is 5.75 Å². The lowest BCUT2D eigenvalue weighted by atomic mass is 10.1. The van der Waals surface area contributed by atoms with Crippen LogP contribution in [0.3, 0.4) is 0 Å². The van der Waals surface area contributed by atoms with Crippen LogP contribution in [0.4, 0.5) is 4.39 Å². The maximum absolute atomic E-state index is 13.6. The second kappa shape index (κ2) is 8.72. The second-order valence-electron chi connectivity index (χ2n) is 5.77. The standard InChI is InChI=1S/C17H26FN3O2/c1-3-19-17(21-10-8-14(22)9-11-21)20-12-13(2)23-16-7-5-4-6-15(16)18/h4-7,13-14,22H,3,8-12H2,1-2H3,(H,19,20). The van der Waals surface area contributed by atoms with Crippen molar-refractivity contribution in [1.82, 2.24) is 10.2 Å². The van der Waals surface area contributed by atoms with E-state index in [2.05, 4.69) is 15.2 Å². The molecule has 1 unspecified atom stereocenters. The largest absolute Gasteiger partial charge is 0.486 e. The average Bonchev–Trinajstić information content (AvgIpc) is 2.54. The number of rotatable bonds is 5. The van der Waals surface area contributed by atoms with E-state index in [-0.39, 0.29) is 23.8 Å². The molecule has 2 rings (SSSR count). The first-order valence-electron chi connectivity index (χ1n) is 8.22. The zero-order valence-electron chi connectivity index (χ0n) is 13.8. The number of piperidine rings is 1. The van der Waals surface area contributed by atoms with Crippen molar-refractivity contribution in [2.75, 3.05) is 26.2 Å². The van der Waals surface area contributed by atoms with Crippen LogP contribution in [0.25, 0.3) is 0 Å². The highest BCUT2D eigenvalue weighted by molar-refractivity contribution is 5.80. The quantitative estimate of drug-likeness (QED) is 0.643. The maximum Gasteiger partial charge on any atom is 0.194 e. The van der Waals surface area contributed by atoms with Gasteiger partial charge in [0.15, 0.2) is 17.5 Å². The van der Waals surface area contributed by atoms with Crippen molar-refractivity contribution in [2.45, 2.75) is 38.9 Å². The molecule has 1 aliphatic heterocycles. The van der Waals surface area contributed by atoms with E-state index in [1.165, 1.54) is 6.07 Å². The average molecular weight is 323 g/mol. The third kappa shape index (κ3) is 5.39. The molecule has 128 valence electrons. The van der Waals surface area contributed by atoms with E-state index in [4.69, 9.17) is 4.74 Å². The number of halogens is 1. The fourth-order valence-corrected chi connectivity index (χ4v) is 2.51. The molecule has 1 aromatic rings. The highest BCUT2D eigenvalue weighted by Gasteiger charge is 2.19. The molecule has 1 fully saturated rings. The van der Waals surface area contributed by atoms with Crippen molar-refractivity contribution in [1.29, 1.82) is 0 Å². The summed E-state index contributed by atoms with van der Waals surface area (Å²) in [4.78, 5) is 6.74. The molecule has 1 aromatic carbocycles. The van der Waals surface area contributed by atoms with Crippen molar-refractivity contribution >= 4 is 5.96 Å². The zero-order chi connectivity index (χ0) is 16.7. The van der Waals surface area contributed by atoms with Crippen LogP contribution in [0.2, 0.25) is 0 Å². The fraction of sp³-hybridized carbons (Fsp3) is 0.588. The molecule has 1 saturated heterocycles. The number of benzene rings is 1. The summed E-state index contributed by atoms with van der Waals surface area (Å²) in [6.45, 7) is 6.69. The predicted octanol–water partition coefficient (Wildman–Crippen LogP) is 2.02. The van der Waals surface area contributed by atoms with Gasteiger partial charge in [0.25, 0.3) is 0 Å². The Balaban J connectivity index is 1.93. The van der Waals surface area contributed by atoms with Crippen molar-refractivity contribution < 1.29 is 14.2 Å². The Bertz CT molecular complexity index is 516. The Labute approximate surface area is 137 Å². The fourth-order valence-electron chi connectivity index (χ4n) is 2.51. The lowest BCUT2D eigenvalue weighted by molar-refractivity contribution is 0.107. The molecule has 0 bridgehead atoms. The number of hydrogen-bond donors (Lipinski definition) is 2. The van der Waals surface area contributed by atoms with E-state index in [0.29, 0.717) is 6.54 Å². The van der Waals surface area contributed by atoms with Gasteiger partial charge in [-0.2, -0.15) is 0 Å². The molecule has 2 N–H and O–H groups in total. The molecule has 0 saturated carbocycles. The Morgan fingerprint density at radius 1 is 1.43 bits per heavy atom. The number of nitrogens with zero attached hydrogens (tertiary/aromatic N) is 2. The summed E-state index contributed by atoms with van der Waals surface area (Å²) in [5.41, 5.74) is 0. The molecule has 6 heteroatoms. The van der Waals surface area contributed by atoms with Gasteiger partial charge in [0, 0.05) is 19.6 Å². The van der Waals surface area contributed by atoms with Crippen LogP contribution in [0.15, 0.2) is 29.3 Å². The van der Waals surface area contributed by atoms with E-state index in [9.17, 15) is 9.50 Å². The molecule has 1 atom stereocenters. The summed E-state index contributed by atoms with van der Waals surface area (Å²) >= 11 is 0. The third-order valence-corrected chi connectivity index (χ3v) is 3.76. The van der Waals surface area contributed by atoms with Crippen LogP contribution in [0, 0.1) is 5.82 Å². The van der Waals surface area contributed by atoms with Gasteiger partial charge in [0.1, 0.15) is 6.10 Å². The summed E-state index contributed by atoms with van der Waals surface area (Å²) in [5.74, 6) is 0.713. The zero-order valence-corrected chi connectivity index (χ0v) is 13.8. The first kappa shape index (κ1) is 17.5. The third-order valence-electron chi connectivity index (χ3n) is 3.76. The number of ether oxygens (including phenoxy) is 1. The van der Waals surface area contributed by atoms with Crippen LogP contribution in [0.5, 0.6) is 5.75 Å². The summed E-state index contributed by atoms with van der Waals surface area (Å²) in [6.07, 6.45) is 1.07. The molecular formula is C17H26FN3O2. The lowest BCUT2D eigenvalue weighted by Gasteiger charge is -2.32. The van der Waals surface area contributed by atoms with Crippen LogP contribution in [0.1, 0.15) is 26.7 Å².